The molecule has 0 aliphatic rings. The molecule has 0 amide bonds. The fourth-order valence-corrected chi connectivity index (χ4v) is 1.80. The molecule has 0 radical (unpaired) electrons. The third-order valence-corrected chi connectivity index (χ3v) is 2.66. The average Bonchev–Trinajstić information content (AvgIpc) is 2.42. The Kier molecular flexibility index (Phi) is 4.11. The molecule has 0 saturated carbocycles. The molecule has 2 aromatic rings. The molecule has 0 atom stereocenters. The van der Waals surface area contributed by atoms with Crippen molar-refractivity contribution in [2.75, 3.05) is 11.1 Å². The fourth-order valence-electron chi connectivity index (χ4n) is 1.80. The van der Waals surface area contributed by atoms with Crippen LogP contribution in [-0.2, 0) is 0 Å². The Labute approximate surface area is 118 Å². The van der Waals surface area contributed by atoms with E-state index in [1.54, 1.807) is 18.2 Å². The molecule has 3 N–H and O–H groups in total. The topological polar surface area (TPSA) is 71.1 Å². The summed E-state index contributed by atoms with van der Waals surface area (Å²) in [5.41, 5.74) is 8.82. The zero-order valence-electron chi connectivity index (χ0n) is 11.6. The van der Waals surface area contributed by atoms with E-state index in [0.717, 1.165) is 11.4 Å². The van der Waals surface area contributed by atoms with Gasteiger partial charge in [-0.15, -0.1) is 0 Å². The summed E-state index contributed by atoms with van der Waals surface area (Å²) in [7, 11) is 0. The van der Waals surface area contributed by atoms with Crippen LogP contribution < -0.4 is 15.8 Å². The zero-order chi connectivity index (χ0) is 14.5. The van der Waals surface area contributed by atoms with Gasteiger partial charge in [0.25, 0.3) is 0 Å². The van der Waals surface area contributed by atoms with Gasteiger partial charge in [-0.25, -0.2) is 0 Å². The predicted octanol–water partition coefficient (Wildman–Crippen LogP) is 3.67. The van der Waals surface area contributed by atoms with Crippen LogP contribution in [0, 0.1) is 11.3 Å². The molecule has 0 aliphatic heterocycles. The van der Waals surface area contributed by atoms with E-state index in [-0.39, 0.29) is 6.10 Å². The first-order valence-corrected chi connectivity index (χ1v) is 6.42. The van der Waals surface area contributed by atoms with Gasteiger partial charge < -0.3 is 15.8 Å². The molecular formula is C16H17N3O. The van der Waals surface area contributed by atoms with Crippen molar-refractivity contribution < 1.29 is 4.74 Å². The quantitative estimate of drug-likeness (QED) is 0.829. The summed E-state index contributed by atoms with van der Waals surface area (Å²) in [6.07, 6.45) is 0.0643. The molecular weight excluding hydrogens is 250 g/mol. The second-order valence-corrected chi connectivity index (χ2v) is 4.74. The van der Waals surface area contributed by atoms with E-state index in [1.165, 1.54) is 0 Å². The van der Waals surface area contributed by atoms with E-state index < -0.39 is 0 Å². The lowest BCUT2D eigenvalue weighted by Gasteiger charge is -2.14. The second-order valence-electron chi connectivity index (χ2n) is 4.74. The van der Waals surface area contributed by atoms with Crippen molar-refractivity contribution in [2.45, 2.75) is 20.0 Å². The van der Waals surface area contributed by atoms with E-state index in [0.29, 0.717) is 17.0 Å². The Balaban J connectivity index is 2.23. The van der Waals surface area contributed by atoms with Gasteiger partial charge in [-0.1, -0.05) is 6.07 Å². The molecule has 4 nitrogen and oxygen atoms in total. The molecule has 0 aliphatic carbocycles. The number of ether oxygens (including phenoxy) is 1. The lowest BCUT2D eigenvalue weighted by molar-refractivity contribution is 0.244. The molecule has 4 heteroatoms. The summed E-state index contributed by atoms with van der Waals surface area (Å²) in [6, 6.07) is 14.9. The minimum absolute atomic E-state index is 0.0643. The minimum atomic E-state index is 0.0643. The Morgan fingerprint density at radius 1 is 1.15 bits per heavy atom. The van der Waals surface area contributed by atoms with Gasteiger partial charge in [-0.3, -0.25) is 0 Å². The summed E-state index contributed by atoms with van der Waals surface area (Å²) < 4.78 is 5.65. The molecule has 0 fully saturated rings. The lowest BCUT2D eigenvalue weighted by Crippen LogP contribution is -2.07. The third-order valence-electron chi connectivity index (χ3n) is 2.66. The highest BCUT2D eigenvalue weighted by molar-refractivity contribution is 5.67. The monoisotopic (exact) mass is 267 g/mol. The van der Waals surface area contributed by atoms with Crippen LogP contribution in [0.4, 0.5) is 17.1 Å². The lowest BCUT2D eigenvalue weighted by atomic mass is 10.2. The summed E-state index contributed by atoms with van der Waals surface area (Å²) in [5, 5.41) is 12.1. The molecule has 0 aromatic heterocycles. The molecule has 2 aromatic carbocycles. The highest BCUT2D eigenvalue weighted by Crippen LogP contribution is 2.28. The van der Waals surface area contributed by atoms with Crippen LogP contribution >= 0.6 is 0 Å². The molecule has 0 bridgehead atoms. The van der Waals surface area contributed by atoms with Gasteiger partial charge in [0.2, 0.25) is 0 Å². The standard InChI is InChI=1S/C16H17N3O/c1-11(2)20-16-9-14(6-7-15(16)18)19-13-5-3-4-12(8-13)10-17/h3-9,11,19H,18H2,1-2H3. The van der Waals surface area contributed by atoms with E-state index in [9.17, 15) is 0 Å². The number of nitriles is 1. The number of nitrogens with one attached hydrogen (secondary N) is 1. The fraction of sp³-hybridized carbons (Fsp3) is 0.188. The number of anilines is 3. The maximum Gasteiger partial charge on any atom is 0.144 e. The van der Waals surface area contributed by atoms with E-state index in [4.69, 9.17) is 15.7 Å². The Hall–Kier alpha value is -2.67. The number of hydrogen-bond donors (Lipinski definition) is 2. The highest BCUT2D eigenvalue weighted by Gasteiger charge is 2.05. The van der Waals surface area contributed by atoms with Crippen molar-refractivity contribution in [3.8, 4) is 11.8 Å². The third kappa shape index (κ3) is 3.42. The average molecular weight is 267 g/mol. The molecule has 0 heterocycles. The van der Waals surface area contributed by atoms with Crippen molar-refractivity contribution in [2.24, 2.45) is 0 Å². The van der Waals surface area contributed by atoms with Gasteiger partial charge in [-0.2, -0.15) is 5.26 Å². The maximum absolute atomic E-state index is 8.89. The molecule has 0 unspecified atom stereocenters. The molecule has 102 valence electrons. The van der Waals surface area contributed by atoms with E-state index in [1.807, 2.05) is 38.1 Å². The van der Waals surface area contributed by atoms with Gasteiger partial charge in [0, 0.05) is 17.4 Å². The highest BCUT2D eigenvalue weighted by atomic mass is 16.5. The van der Waals surface area contributed by atoms with Crippen molar-refractivity contribution in [3.05, 3.63) is 48.0 Å². The number of hydrogen-bond acceptors (Lipinski definition) is 4. The summed E-state index contributed by atoms with van der Waals surface area (Å²) >= 11 is 0. The number of nitrogens with zero attached hydrogens (tertiary/aromatic N) is 1. The molecule has 2 rings (SSSR count). The Morgan fingerprint density at radius 3 is 2.60 bits per heavy atom. The van der Waals surface area contributed by atoms with E-state index in [2.05, 4.69) is 11.4 Å². The number of rotatable bonds is 4. The molecule has 0 saturated heterocycles. The van der Waals surface area contributed by atoms with Crippen LogP contribution in [0.3, 0.4) is 0 Å². The SMILES string of the molecule is CC(C)Oc1cc(Nc2cccc(C#N)c2)ccc1N. The van der Waals surface area contributed by atoms with Crippen LogP contribution in [0.5, 0.6) is 5.75 Å². The van der Waals surface area contributed by atoms with Crippen LogP contribution in [0.1, 0.15) is 19.4 Å². The van der Waals surface area contributed by atoms with Crippen LogP contribution in [0.2, 0.25) is 0 Å². The smallest absolute Gasteiger partial charge is 0.144 e. The first-order valence-electron chi connectivity index (χ1n) is 6.42. The Morgan fingerprint density at radius 2 is 1.90 bits per heavy atom. The summed E-state index contributed by atoms with van der Waals surface area (Å²) in [4.78, 5) is 0. The van der Waals surface area contributed by atoms with E-state index >= 15 is 0 Å². The second kappa shape index (κ2) is 5.98. The van der Waals surface area contributed by atoms with Crippen LogP contribution in [-0.4, -0.2) is 6.10 Å². The number of nitrogens with two attached hydrogens (primary N) is 1. The predicted molar refractivity (Wildman–Crippen MR) is 81.1 cm³/mol. The summed E-state index contributed by atoms with van der Waals surface area (Å²) in [5.74, 6) is 0.654. The maximum atomic E-state index is 8.89. The van der Waals surface area contributed by atoms with Gasteiger partial charge in [0.05, 0.1) is 23.4 Å². The van der Waals surface area contributed by atoms with Crippen molar-refractivity contribution in [1.82, 2.24) is 0 Å². The van der Waals surface area contributed by atoms with Crippen molar-refractivity contribution in [1.29, 1.82) is 5.26 Å². The first-order chi connectivity index (χ1) is 9.58. The van der Waals surface area contributed by atoms with Gasteiger partial charge in [-0.05, 0) is 44.2 Å². The van der Waals surface area contributed by atoms with Crippen LogP contribution in [0.15, 0.2) is 42.5 Å². The number of nitrogen functional groups attached to an aromatic ring is 1. The van der Waals surface area contributed by atoms with Gasteiger partial charge in [0.15, 0.2) is 0 Å². The van der Waals surface area contributed by atoms with Gasteiger partial charge in [0.1, 0.15) is 5.75 Å². The minimum Gasteiger partial charge on any atom is -0.489 e. The largest absolute Gasteiger partial charge is 0.489 e. The Bertz CT molecular complexity index is 644. The summed E-state index contributed by atoms with van der Waals surface area (Å²) in [6.45, 7) is 3.91. The van der Waals surface area contributed by atoms with Crippen LogP contribution in [0.25, 0.3) is 0 Å². The van der Waals surface area contributed by atoms with Crippen molar-refractivity contribution in [3.63, 3.8) is 0 Å². The first kappa shape index (κ1) is 13.8. The van der Waals surface area contributed by atoms with Crippen molar-refractivity contribution >= 4 is 17.1 Å². The number of benzene rings is 2. The van der Waals surface area contributed by atoms with Gasteiger partial charge >= 0.3 is 0 Å². The molecule has 0 spiro atoms. The normalized spacial score (nSPS) is 10.1. The zero-order valence-corrected chi connectivity index (χ0v) is 11.6. The molecule has 20 heavy (non-hydrogen) atoms.